The minimum Gasteiger partial charge on any atom is -0.495 e. The maximum Gasteiger partial charge on any atom is 0.300 e. The van der Waals surface area contributed by atoms with Gasteiger partial charge in [-0.3, -0.25) is 18.6 Å². The molecule has 8 nitrogen and oxygen atoms in total. The Labute approximate surface area is 182 Å². The number of nitrogens with one attached hydrogen (secondary N) is 1. The van der Waals surface area contributed by atoms with Gasteiger partial charge in [-0.25, -0.2) is 0 Å². The van der Waals surface area contributed by atoms with Crippen molar-refractivity contribution < 1.29 is 9.53 Å². The van der Waals surface area contributed by atoms with Crippen molar-refractivity contribution in [3.8, 4) is 11.4 Å². The zero-order valence-electron chi connectivity index (χ0n) is 17.3. The highest BCUT2D eigenvalue weighted by atomic mass is 32.2. The molecule has 1 amide bonds. The predicted octanol–water partition coefficient (Wildman–Crippen LogP) is 3.24. The van der Waals surface area contributed by atoms with Crippen molar-refractivity contribution in [1.29, 1.82) is 0 Å². The molecule has 0 bridgehead atoms. The van der Waals surface area contributed by atoms with Gasteiger partial charge in [0.1, 0.15) is 5.75 Å². The molecule has 1 N–H and O–H groups in total. The number of hydrogen-bond donors (Lipinski definition) is 1. The number of methoxy groups -OCH3 is 1. The van der Waals surface area contributed by atoms with Gasteiger partial charge in [0.05, 0.1) is 18.6 Å². The van der Waals surface area contributed by atoms with Gasteiger partial charge >= 0.3 is 5.56 Å². The number of thioether (sulfide) groups is 1. The summed E-state index contributed by atoms with van der Waals surface area (Å²) in [6, 6.07) is 13.0. The highest BCUT2D eigenvalue weighted by Gasteiger charge is 2.14. The second-order valence-electron chi connectivity index (χ2n) is 6.96. The minimum absolute atomic E-state index is 0.110. The summed E-state index contributed by atoms with van der Waals surface area (Å²) in [6.45, 7) is 4.03. The zero-order valence-corrected chi connectivity index (χ0v) is 18.1. The number of anilines is 1. The lowest BCUT2D eigenvalue weighted by atomic mass is 10.1. The van der Waals surface area contributed by atoms with Gasteiger partial charge in [0.2, 0.25) is 11.6 Å². The lowest BCUT2D eigenvalue weighted by Gasteiger charge is -2.09. The van der Waals surface area contributed by atoms with Gasteiger partial charge in [0, 0.05) is 18.1 Å². The number of benzene rings is 2. The molecule has 31 heavy (non-hydrogen) atoms. The topological polar surface area (TPSA) is 90.5 Å². The molecule has 0 atom stereocenters. The number of aromatic nitrogens is 4. The average molecular weight is 436 g/mol. The van der Waals surface area contributed by atoms with Gasteiger partial charge in [-0.05, 0) is 49.2 Å². The molecule has 2 aromatic carbocycles. The fourth-order valence-electron chi connectivity index (χ4n) is 3.11. The van der Waals surface area contributed by atoms with E-state index in [0.29, 0.717) is 16.6 Å². The summed E-state index contributed by atoms with van der Waals surface area (Å²) in [7, 11) is 1.55. The standard InChI is InChI=1S/C22H21N5O3S/c1-14-8-9-16(12-15(14)2)26-10-11-27-20(21(26)29)24-25-22(27)31-13-19(28)23-17-6-4-5-7-18(17)30-3/h4-12H,13H2,1-3H3,(H,23,28). The van der Waals surface area contributed by atoms with Crippen LogP contribution in [-0.2, 0) is 4.79 Å². The SMILES string of the molecule is COc1ccccc1NC(=O)CSc1nnc2c(=O)n(-c3ccc(C)c(C)c3)ccn12. The van der Waals surface area contributed by atoms with E-state index in [-0.39, 0.29) is 22.9 Å². The number of fused-ring (bicyclic) bond motifs is 1. The second kappa shape index (κ2) is 8.65. The lowest BCUT2D eigenvalue weighted by Crippen LogP contribution is -2.20. The van der Waals surface area contributed by atoms with Crippen LogP contribution in [0.2, 0.25) is 0 Å². The van der Waals surface area contributed by atoms with Gasteiger partial charge in [0.15, 0.2) is 5.16 Å². The first-order chi connectivity index (χ1) is 15.0. The number of carbonyl (C=O) groups is 1. The molecule has 4 aromatic rings. The van der Waals surface area contributed by atoms with Crippen LogP contribution in [0.3, 0.4) is 0 Å². The summed E-state index contributed by atoms with van der Waals surface area (Å²) < 4.78 is 8.38. The monoisotopic (exact) mass is 435 g/mol. The molecule has 0 spiro atoms. The third-order valence-corrected chi connectivity index (χ3v) is 5.86. The normalized spacial score (nSPS) is 10.9. The van der Waals surface area contributed by atoms with Crippen LogP contribution in [0, 0.1) is 13.8 Å². The van der Waals surface area contributed by atoms with Gasteiger partial charge in [-0.2, -0.15) is 0 Å². The molecule has 0 aliphatic rings. The van der Waals surface area contributed by atoms with Crippen molar-refractivity contribution >= 4 is 29.0 Å². The van der Waals surface area contributed by atoms with Gasteiger partial charge < -0.3 is 10.1 Å². The van der Waals surface area contributed by atoms with Crippen molar-refractivity contribution in [1.82, 2.24) is 19.2 Å². The summed E-state index contributed by atoms with van der Waals surface area (Å²) >= 11 is 1.20. The number of ether oxygens (including phenoxy) is 1. The number of carbonyl (C=O) groups excluding carboxylic acids is 1. The summed E-state index contributed by atoms with van der Waals surface area (Å²) in [5.74, 6) is 0.481. The zero-order chi connectivity index (χ0) is 22.0. The Hall–Kier alpha value is -3.59. The van der Waals surface area contributed by atoms with E-state index in [1.54, 1.807) is 40.6 Å². The van der Waals surface area contributed by atoms with Crippen LogP contribution in [0.4, 0.5) is 5.69 Å². The van der Waals surface area contributed by atoms with Crippen LogP contribution in [0.25, 0.3) is 11.3 Å². The number of para-hydroxylation sites is 2. The molecule has 0 unspecified atom stereocenters. The van der Waals surface area contributed by atoms with E-state index in [9.17, 15) is 9.59 Å². The molecule has 0 radical (unpaired) electrons. The second-order valence-corrected chi connectivity index (χ2v) is 7.90. The molecular formula is C22H21N5O3S. The van der Waals surface area contributed by atoms with E-state index in [1.807, 2.05) is 44.2 Å². The van der Waals surface area contributed by atoms with E-state index in [0.717, 1.165) is 16.8 Å². The molecule has 4 rings (SSSR count). The van der Waals surface area contributed by atoms with Crippen LogP contribution in [0.15, 0.2) is 64.8 Å². The first kappa shape index (κ1) is 20.7. The number of aryl methyl sites for hydroxylation is 2. The fraction of sp³-hybridized carbons (Fsp3) is 0.182. The molecule has 2 heterocycles. The fourth-order valence-corrected chi connectivity index (χ4v) is 3.82. The summed E-state index contributed by atoms with van der Waals surface area (Å²) in [4.78, 5) is 25.3. The van der Waals surface area contributed by atoms with Crippen LogP contribution < -0.4 is 15.6 Å². The van der Waals surface area contributed by atoms with E-state index in [1.165, 1.54) is 11.8 Å². The van der Waals surface area contributed by atoms with Crippen molar-refractivity contribution in [2.75, 3.05) is 18.2 Å². The van der Waals surface area contributed by atoms with Crippen LogP contribution in [0.1, 0.15) is 11.1 Å². The Kier molecular flexibility index (Phi) is 5.77. The summed E-state index contributed by atoms with van der Waals surface area (Å²) in [5.41, 5.74) is 3.55. The van der Waals surface area contributed by atoms with E-state index in [4.69, 9.17) is 4.74 Å². The Morgan fingerprint density at radius 1 is 1.10 bits per heavy atom. The lowest BCUT2D eigenvalue weighted by molar-refractivity contribution is -0.113. The number of rotatable bonds is 6. The maximum atomic E-state index is 12.9. The maximum absolute atomic E-state index is 12.9. The van der Waals surface area contributed by atoms with E-state index in [2.05, 4.69) is 15.5 Å². The Morgan fingerprint density at radius 2 is 1.90 bits per heavy atom. The van der Waals surface area contributed by atoms with Crippen LogP contribution >= 0.6 is 11.8 Å². The quantitative estimate of drug-likeness (QED) is 0.468. The molecule has 0 saturated carbocycles. The van der Waals surface area contributed by atoms with E-state index >= 15 is 0 Å². The Morgan fingerprint density at radius 3 is 2.68 bits per heavy atom. The van der Waals surface area contributed by atoms with Crippen molar-refractivity contribution in [2.24, 2.45) is 0 Å². The number of amides is 1. The molecular weight excluding hydrogens is 414 g/mol. The number of hydrogen-bond acceptors (Lipinski definition) is 6. The van der Waals surface area contributed by atoms with Crippen LogP contribution in [0.5, 0.6) is 5.75 Å². The third-order valence-electron chi connectivity index (χ3n) is 4.92. The average Bonchev–Trinajstić information content (AvgIpc) is 3.19. The first-order valence-electron chi connectivity index (χ1n) is 9.57. The molecule has 0 saturated heterocycles. The number of nitrogens with zero attached hydrogens (tertiary/aromatic N) is 4. The van der Waals surface area contributed by atoms with Gasteiger partial charge in [-0.1, -0.05) is 30.0 Å². The van der Waals surface area contributed by atoms with Crippen LogP contribution in [-0.4, -0.2) is 37.9 Å². The smallest absolute Gasteiger partial charge is 0.300 e. The molecule has 0 aliphatic heterocycles. The minimum atomic E-state index is -0.274. The first-order valence-corrected chi connectivity index (χ1v) is 10.6. The van der Waals surface area contributed by atoms with Crippen molar-refractivity contribution in [3.63, 3.8) is 0 Å². The molecule has 0 aliphatic carbocycles. The van der Waals surface area contributed by atoms with Crippen molar-refractivity contribution in [3.05, 3.63) is 76.3 Å². The van der Waals surface area contributed by atoms with Gasteiger partial charge in [0.25, 0.3) is 0 Å². The third kappa shape index (κ3) is 4.17. The highest BCUT2D eigenvalue weighted by Crippen LogP contribution is 2.24. The largest absolute Gasteiger partial charge is 0.495 e. The molecule has 9 heteroatoms. The molecule has 2 aromatic heterocycles. The molecule has 0 fully saturated rings. The molecule has 158 valence electrons. The predicted molar refractivity (Wildman–Crippen MR) is 120 cm³/mol. The summed E-state index contributed by atoms with van der Waals surface area (Å²) in [6.07, 6.45) is 3.41. The van der Waals surface area contributed by atoms with E-state index < -0.39 is 0 Å². The van der Waals surface area contributed by atoms with Crippen molar-refractivity contribution in [2.45, 2.75) is 19.0 Å². The Balaban J connectivity index is 1.53. The summed E-state index contributed by atoms with van der Waals surface area (Å²) in [5, 5.41) is 11.4. The highest BCUT2D eigenvalue weighted by molar-refractivity contribution is 7.99. The Bertz CT molecular complexity index is 1330. The van der Waals surface area contributed by atoms with Gasteiger partial charge in [-0.15, -0.1) is 10.2 Å².